The maximum Gasteiger partial charge on any atom is 0.249 e. The lowest BCUT2D eigenvalue weighted by molar-refractivity contribution is 0.100. The van der Waals surface area contributed by atoms with Crippen LogP contribution in [0.5, 0.6) is 0 Å². The second-order valence-electron chi connectivity index (χ2n) is 2.55. The Labute approximate surface area is 75.8 Å². The summed E-state index contributed by atoms with van der Waals surface area (Å²) < 4.78 is 0. The SMILES string of the molecule is CCc1cccc(C(=O)N=[N+]=[N-])c1. The van der Waals surface area contributed by atoms with Gasteiger partial charge in [-0.15, -0.1) is 0 Å². The first kappa shape index (κ1) is 9.29. The Kier molecular flexibility index (Phi) is 3.06. The van der Waals surface area contributed by atoms with Gasteiger partial charge in [-0.05, 0) is 28.7 Å². The van der Waals surface area contributed by atoms with Gasteiger partial charge in [-0.2, -0.15) is 0 Å². The highest BCUT2D eigenvalue weighted by atomic mass is 16.1. The summed E-state index contributed by atoms with van der Waals surface area (Å²) in [7, 11) is 0. The van der Waals surface area contributed by atoms with Crippen LogP contribution in [0.3, 0.4) is 0 Å². The first-order chi connectivity index (χ1) is 6.27. The van der Waals surface area contributed by atoms with E-state index >= 15 is 0 Å². The van der Waals surface area contributed by atoms with Crippen LogP contribution in [0.15, 0.2) is 29.4 Å². The molecule has 0 heterocycles. The smallest absolute Gasteiger partial charge is 0.249 e. The van der Waals surface area contributed by atoms with E-state index in [2.05, 4.69) is 10.0 Å². The van der Waals surface area contributed by atoms with Crippen LogP contribution in [0, 0.1) is 0 Å². The molecule has 4 nitrogen and oxygen atoms in total. The van der Waals surface area contributed by atoms with Gasteiger partial charge in [-0.1, -0.05) is 25.1 Å². The van der Waals surface area contributed by atoms with Crippen LogP contribution in [0.2, 0.25) is 0 Å². The molecule has 1 rings (SSSR count). The Morgan fingerprint density at radius 2 is 2.38 bits per heavy atom. The maximum absolute atomic E-state index is 11.1. The Balaban J connectivity index is 3.01. The van der Waals surface area contributed by atoms with Gasteiger partial charge in [-0.25, -0.2) is 0 Å². The summed E-state index contributed by atoms with van der Waals surface area (Å²) >= 11 is 0. The maximum atomic E-state index is 11.1. The van der Waals surface area contributed by atoms with Crippen LogP contribution in [-0.4, -0.2) is 5.91 Å². The lowest BCUT2D eigenvalue weighted by atomic mass is 10.1. The van der Waals surface area contributed by atoms with Crippen molar-refractivity contribution >= 4 is 5.91 Å². The highest BCUT2D eigenvalue weighted by molar-refractivity contribution is 5.94. The molecule has 0 saturated carbocycles. The van der Waals surface area contributed by atoms with Crippen molar-refractivity contribution in [1.29, 1.82) is 0 Å². The molecule has 4 heteroatoms. The topological polar surface area (TPSA) is 65.8 Å². The number of azide groups is 1. The zero-order chi connectivity index (χ0) is 9.68. The molecule has 0 unspecified atom stereocenters. The number of benzene rings is 1. The molecule has 0 aromatic heterocycles. The number of carbonyl (C=O) groups excluding carboxylic acids is 1. The Bertz CT molecular complexity index is 367. The zero-order valence-corrected chi connectivity index (χ0v) is 7.27. The first-order valence-corrected chi connectivity index (χ1v) is 3.96. The molecule has 0 spiro atoms. The van der Waals surface area contributed by atoms with E-state index in [0.717, 1.165) is 12.0 Å². The van der Waals surface area contributed by atoms with Crippen LogP contribution in [0.4, 0.5) is 0 Å². The molecule has 0 atom stereocenters. The molecule has 13 heavy (non-hydrogen) atoms. The number of rotatable bonds is 2. The minimum Gasteiger partial charge on any atom is -0.287 e. The van der Waals surface area contributed by atoms with Crippen molar-refractivity contribution in [3.63, 3.8) is 0 Å². The van der Waals surface area contributed by atoms with Crippen LogP contribution in [0.1, 0.15) is 22.8 Å². The second kappa shape index (κ2) is 4.28. The van der Waals surface area contributed by atoms with Gasteiger partial charge < -0.3 is 0 Å². The van der Waals surface area contributed by atoms with E-state index in [1.54, 1.807) is 18.2 Å². The first-order valence-electron chi connectivity index (χ1n) is 3.96. The van der Waals surface area contributed by atoms with Crippen LogP contribution >= 0.6 is 0 Å². The molecule has 0 bridgehead atoms. The van der Waals surface area contributed by atoms with E-state index in [0.29, 0.717) is 5.56 Å². The van der Waals surface area contributed by atoms with Gasteiger partial charge in [0.2, 0.25) is 5.91 Å². The highest BCUT2D eigenvalue weighted by Crippen LogP contribution is 2.07. The van der Waals surface area contributed by atoms with Crippen molar-refractivity contribution in [3.05, 3.63) is 45.8 Å². The van der Waals surface area contributed by atoms with Crippen LogP contribution < -0.4 is 0 Å². The molecule has 1 aromatic rings. The molecule has 0 fully saturated rings. The number of nitrogens with zero attached hydrogens (tertiary/aromatic N) is 3. The van der Waals surface area contributed by atoms with Gasteiger partial charge in [0.1, 0.15) is 0 Å². The summed E-state index contributed by atoms with van der Waals surface area (Å²) in [6.07, 6.45) is 0.859. The van der Waals surface area contributed by atoms with E-state index < -0.39 is 5.91 Å². The third-order valence-corrected chi connectivity index (χ3v) is 1.72. The van der Waals surface area contributed by atoms with Crippen molar-refractivity contribution in [2.45, 2.75) is 13.3 Å². The molecular formula is C9H9N3O. The van der Waals surface area contributed by atoms with Crippen LogP contribution in [0.25, 0.3) is 10.4 Å². The van der Waals surface area contributed by atoms with E-state index in [4.69, 9.17) is 5.53 Å². The molecule has 0 aliphatic rings. The van der Waals surface area contributed by atoms with E-state index in [9.17, 15) is 4.79 Å². The molecule has 0 N–H and O–H groups in total. The quantitative estimate of drug-likeness (QED) is 0.387. The third-order valence-electron chi connectivity index (χ3n) is 1.72. The Hall–Kier alpha value is -1.80. The minimum absolute atomic E-state index is 0.442. The van der Waals surface area contributed by atoms with Crippen molar-refractivity contribution in [2.75, 3.05) is 0 Å². The molecule has 1 amide bonds. The normalized spacial score (nSPS) is 9.00. The fourth-order valence-corrected chi connectivity index (χ4v) is 1.02. The molecule has 0 radical (unpaired) electrons. The molecular weight excluding hydrogens is 166 g/mol. The monoisotopic (exact) mass is 175 g/mol. The predicted octanol–water partition coefficient (Wildman–Crippen LogP) is 2.70. The molecule has 0 saturated heterocycles. The van der Waals surface area contributed by atoms with Gasteiger partial charge in [0, 0.05) is 10.5 Å². The number of hydrogen-bond donors (Lipinski definition) is 0. The molecule has 1 aromatic carbocycles. The van der Waals surface area contributed by atoms with Gasteiger partial charge in [-0.3, -0.25) is 4.79 Å². The molecule has 0 aliphatic carbocycles. The van der Waals surface area contributed by atoms with Crippen LogP contribution in [-0.2, 0) is 6.42 Å². The van der Waals surface area contributed by atoms with E-state index in [1.807, 2.05) is 13.0 Å². The van der Waals surface area contributed by atoms with Gasteiger partial charge in [0.15, 0.2) is 0 Å². The summed E-state index contributed by atoms with van der Waals surface area (Å²) in [5.74, 6) is -0.530. The largest absolute Gasteiger partial charge is 0.287 e. The molecule has 0 aliphatic heterocycles. The standard InChI is InChI=1S/C9H9N3O/c1-2-7-4-3-5-8(6-7)9(13)11-12-10/h3-6H,2H2,1H3. The fourth-order valence-electron chi connectivity index (χ4n) is 1.02. The van der Waals surface area contributed by atoms with Crippen molar-refractivity contribution in [2.24, 2.45) is 5.11 Å². The van der Waals surface area contributed by atoms with Crippen molar-refractivity contribution in [3.8, 4) is 0 Å². The summed E-state index contributed by atoms with van der Waals surface area (Å²) in [4.78, 5) is 13.5. The second-order valence-corrected chi connectivity index (χ2v) is 2.55. The highest BCUT2D eigenvalue weighted by Gasteiger charge is 2.01. The Morgan fingerprint density at radius 3 is 3.00 bits per heavy atom. The number of hydrogen-bond acceptors (Lipinski definition) is 1. The predicted molar refractivity (Wildman–Crippen MR) is 49.3 cm³/mol. The minimum atomic E-state index is -0.530. The number of amides is 1. The van der Waals surface area contributed by atoms with Gasteiger partial charge in [0.05, 0.1) is 0 Å². The lowest BCUT2D eigenvalue weighted by Crippen LogP contribution is -1.94. The number of aryl methyl sites for hydroxylation is 1. The summed E-state index contributed by atoms with van der Waals surface area (Å²) in [5.41, 5.74) is 9.56. The average molecular weight is 175 g/mol. The average Bonchev–Trinajstić information content (AvgIpc) is 2.18. The zero-order valence-electron chi connectivity index (χ0n) is 7.27. The Morgan fingerprint density at radius 1 is 1.62 bits per heavy atom. The third kappa shape index (κ3) is 2.32. The summed E-state index contributed by atoms with van der Waals surface area (Å²) in [5, 5.41) is 3.01. The summed E-state index contributed by atoms with van der Waals surface area (Å²) in [6, 6.07) is 7.07. The summed E-state index contributed by atoms with van der Waals surface area (Å²) in [6.45, 7) is 2.00. The van der Waals surface area contributed by atoms with Crippen molar-refractivity contribution < 1.29 is 4.79 Å². The van der Waals surface area contributed by atoms with Gasteiger partial charge in [0.25, 0.3) is 0 Å². The van der Waals surface area contributed by atoms with E-state index in [1.165, 1.54) is 0 Å². The van der Waals surface area contributed by atoms with E-state index in [-0.39, 0.29) is 0 Å². The van der Waals surface area contributed by atoms with Gasteiger partial charge >= 0.3 is 0 Å². The fraction of sp³-hybridized carbons (Fsp3) is 0.222. The molecule has 66 valence electrons. The van der Waals surface area contributed by atoms with Crippen molar-refractivity contribution in [1.82, 2.24) is 0 Å². The lowest BCUT2D eigenvalue weighted by Gasteiger charge is -1.97. The number of carbonyl (C=O) groups is 1.